The molecule has 160 valence electrons. The number of rotatable bonds is 2. The van der Waals surface area contributed by atoms with Gasteiger partial charge in [0.15, 0.2) is 0 Å². The molecule has 0 aromatic heterocycles. The minimum absolute atomic E-state index is 0.652. The number of hydrogen-bond acceptors (Lipinski definition) is 0. The number of aryl methyl sites for hydroxylation is 4. The summed E-state index contributed by atoms with van der Waals surface area (Å²) in [4.78, 5) is 0. The van der Waals surface area contributed by atoms with Gasteiger partial charge in [-0.05, 0) is 126 Å². The monoisotopic (exact) mass is 416 g/mol. The van der Waals surface area contributed by atoms with Crippen LogP contribution in [0.15, 0.2) is 66.7 Å². The molecule has 4 aromatic carbocycles. The van der Waals surface area contributed by atoms with Crippen molar-refractivity contribution >= 4 is 10.8 Å². The van der Waals surface area contributed by atoms with Crippen LogP contribution in [0.4, 0.5) is 0 Å². The van der Waals surface area contributed by atoms with Gasteiger partial charge in [-0.1, -0.05) is 66.7 Å². The van der Waals surface area contributed by atoms with E-state index in [9.17, 15) is 0 Å². The Balaban J connectivity index is 1.49. The summed E-state index contributed by atoms with van der Waals surface area (Å²) in [6.07, 6.45) is 3.89. The second kappa shape index (κ2) is 7.34. The van der Waals surface area contributed by atoms with Gasteiger partial charge in [-0.3, -0.25) is 0 Å². The molecule has 0 N–H and O–H groups in total. The Hall–Kier alpha value is -2.86. The van der Waals surface area contributed by atoms with Crippen LogP contribution in [0.1, 0.15) is 76.0 Å². The van der Waals surface area contributed by atoms with Crippen LogP contribution >= 0.6 is 0 Å². The molecule has 0 saturated heterocycles. The van der Waals surface area contributed by atoms with Crippen LogP contribution in [-0.4, -0.2) is 0 Å². The minimum atomic E-state index is 0.652. The van der Waals surface area contributed by atoms with Gasteiger partial charge in [0.25, 0.3) is 0 Å². The van der Waals surface area contributed by atoms with Crippen molar-refractivity contribution in [3.05, 3.63) is 106 Å². The molecule has 0 amide bonds. The van der Waals surface area contributed by atoms with Gasteiger partial charge in [-0.15, -0.1) is 0 Å². The third kappa shape index (κ3) is 2.82. The van der Waals surface area contributed by atoms with Crippen LogP contribution in [0.25, 0.3) is 21.9 Å². The van der Waals surface area contributed by atoms with Gasteiger partial charge in [-0.25, -0.2) is 0 Å². The lowest BCUT2D eigenvalue weighted by atomic mass is 9.69. The van der Waals surface area contributed by atoms with E-state index in [4.69, 9.17) is 0 Å². The van der Waals surface area contributed by atoms with E-state index in [-0.39, 0.29) is 0 Å². The number of hydrogen-bond donors (Lipinski definition) is 0. The van der Waals surface area contributed by atoms with Crippen molar-refractivity contribution in [1.29, 1.82) is 0 Å². The predicted octanol–water partition coefficient (Wildman–Crippen LogP) is 8.89. The molecule has 0 radical (unpaired) electrons. The van der Waals surface area contributed by atoms with Crippen molar-refractivity contribution in [3.63, 3.8) is 0 Å². The first-order chi connectivity index (χ1) is 15.5. The SMILES string of the molecule is Cc1cccc(C)c1-c1ccc2c3c(cccc13)C1CC(c3c(C)cccc3C)CCC21. The maximum Gasteiger partial charge on any atom is -0.00808 e. The van der Waals surface area contributed by atoms with E-state index in [1.54, 1.807) is 22.1 Å². The Morgan fingerprint density at radius 3 is 1.94 bits per heavy atom. The molecule has 2 aliphatic rings. The highest BCUT2D eigenvalue weighted by atomic mass is 14.4. The third-order valence-corrected chi connectivity index (χ3v) is 8.46. The second-order valence-electron chi connectivity index (χ2n) is 10.3. The lowest BCUT2D eigenvalue weighted by Gasteiger charge is -2.34. The van der Waals surface area contributed by atoms with Crippen LogP contribution in [0.3, 0.4) is 0 Å². The van der Waals surface area contributed by atoms with Gasteiger partial charge in [-0.2, -0.15) is 0 Å². The minimum Gasteiger partial charge on any atom is -0.0617 e. The van der Waals surface area contributed by atoms with Gasteiger partial charge in [0.1, 0.15) is 0 Å². The van der Waals surface area contributed by atoms with E-state index in [1.807, 2.05) is 0 Å². The standard InChI is InChI=1S/C32H32/c1-19-8-5-9-20(2)30(19)23-14-15-24-27-16-17-28(31-21(3)10-6-11-22(31)4)25-12-7-13-26(32(25)27)29(24)18-23/h5-13,16-17,23-24,29H,14-15,18H2,1-4H3. The van der Waals surface area contributed by atoms with Crippen LogP contribution in [-0.2, 0) is 0 Å². The molecule has 3 unspecified atom stereocenters. The van der Waals surface area contributed by atoms with Crippen molar-refractivity contribution < 1.29 is 0 Å². The lowest BCUT2D eigenvalue weighted by molar-refractivity contribution is 0.357. The largest absolute Gasteiger partial charge is 0.0617 e. The van der Waals surface area contributed by atoms with Gasteiger partial charge >= 0.3 is 0 Å². The van der Waals surface area contributed by atoms with Crippen LogP contribution < -0.4 is 0 Å². The van der Waals surface area contributed by atoms with Crippen LogP contribution in [0.2, 0.25) is 0 Å². The Morgan fingerprint density at radius 1 is 0.594 bits per heavy atom. The van der Waals surface area contributed by atoms with Crippen LogP contribution in [0, 0.1) is 27.7 Å². The number of benzene rings is 4. The van der Waals surface area contributed by atoms with E-state index in [0.717, 1.165) is 0 Å². The average Bonchev–Trinajstić information content (AvgIpc) is 3.10. The fourth-order valence-electron chi connectivity index (χ4n) is 7.16. The zero-order valence-corrected chi connectivity index (χ0v) is 19.7. The smallest absolute Gasteiger partial charge is 0.00808 e. The van der Waals surface area contributed by atoms with Crippen molar-refractivity contribution in [2.24, 2.45) is 0 Å². The van der Waals surface area contributed by atoms with E-state index in [1.165, 1.54) is 58.0 Å². The summed E-state index contributed by atoms with van der Waals surface area (Å²) in [5.74, 6) is 2.02. The molecular formula is C32H32. The average molecular weight is 417 g/mol. The van der Waals surface area contributed by atoms with Gasteiger partial charge < -0.3 is 0 Å². The summed E-state index contributed by atoms with van der Waals surface area (Å²) >= 11 is 0. The Morgan fingerprint density at radius 2 is 1.22 bits per heavy atom. The van der Waals surface area contributed by atoms with E-state index in [0.29, 0.717) is 17.8 Å². The summed E-state index contributed by atoms with van der Waals surface area (Å²) in [7, 11) is 0. The zero-order chi connectivity index (χ0) is 22.0. The van der Waals surface area contributed by atoms with Crippen molar-refractivity contribution in [3.8, 4) is 11.1 Å². The fraction of sp³-hybridized carbons (Fsp3) is 0.312. The topological polar surface area (TPSA) is 0 Å². The Labute approximate surface area is 192 Å². The molecule has 0 aliphatic heterocycles. The van der Waals surface area contributed by atoms with Crippen LogP contribution in [0.5, 0.6) is 0 Å². The zero-order valence-electron chi connectivity index (χ0n) is 19.7. The molecule has 2 aliphatic carbocycles. The Kier molecular flexibility index (Phi) is 4.54. The maximum atomic E-state index is 2.47. The molecule has 0 heterocycles. The highest BCUT2D eigenvalue weighted by Crippen LogP contribution is 2.57. The first-order valence-electron chi connectivity index (χ1n) is 12.2. The third-order valence-electron chi connectivity index (χ3n) is 8.46. The molecule has 1 saturated carbocycles. The fourth-order valence-corrected chi connectivity index (χ4v) is 7.16. The molecule has 4 aromatic rings. The molecular weight excluding hydrogens is 384 g/mol. The quantitative estimate of drug-likeness (QED) is 0.306. The molecule has 32 heavy (non-hydrogen) atoms. The van der Waals surface area contributed by atoms with Gasteiger partial charge in [0, 0.05) is 0 Å². The summed E-state index contributed by atoms with van der Waals surface area (Å²) in [6.45, 7) is 9.10. The predicted molar refractivity (Wildman–Crippen MR) is 137 cm³/mol. The first kappa shape index (κ1) is 19.8. The van der Waals surface area contributed by atoms with E-state index in [2.05, 4.69) is 94.4 Å². The highest BCUT2D eigenvalue weighted by molar-refractivity contribution is 6.03. The lowest BCUT2D eigenvalue weighted by Crippen LogP contribution is -2.19. The highest BCUT2D eigenvalue weighted by Gasteiger charge is 2.40. The van der Waals surface area contributed by atoms with Crippen molar-refractivity contribution in [1.82, 2.24) is 0 Å². The molecule has 0 heteroatoms. The summed E-state index contributed by atoms with van der Waals surface area (Å²) in [5, 5.41) is 3.01. The second-order valence-corrected chi connectivity index (χ2v) is 10.3. The summed E-state index contributed by atoms with van der Waals surface area (Å²) in [5.41, 5.74) is 13.3. The molecule has 1 fully saturated rings. The normalized spacial score (nSPS) is 21.7. The number of fused-ring (bicyclic) bond motifs is 3. The first-order valence-corrected chi connectivity index (χ1v) is 12.2. The molecule has 3 atom stereocenters. The van der Waals surface area contributed by atoms with Gasteiger partial charge in [0.05, 0.1) is 0 Å². The summed E-state index contributed by atoms with van der Waals surface area (Å²) < 4.78 is 0. The summed E-state index contributed by atoms with van der Waals surface area (Å²) in [6, 6.07) is 25.5. The van der Waals surface area contributed by atoms with Gasteiger partial charge in [0.2, 0.25) is 0 Å². The maximum absolute atomic E-state index is 2.47. The molecule has 0 bridgehead atoms. The van der Waals surface area contributed by atoms with E-state index < -0.39 is 0 Å². The molecule has 0 nitrogen and oxygen atoms in total. The molecule has 0 spiro atoms. The Bertz CT molecular complexity index is 1320. The van der Waals surface area contributed by atoms with Crippen molar-refractivity contribution in [2.45, 2.75) is 64.7 Å². The van der Waals surface area contributed by atoms with Crippen molar-refractivity contribution in [2.75, 3.05) is 0 Å². The van der Waals surface area contributed by atoms with E-state index >= 15 is 0 Å². The molecule has 6 rings (SSSR count).